The number of ether oxygens (including phenoxy) is 1. The molecule has 0 aliphatic heterocycles. The standard InChI is InChI=1S/C21H25N3O2S.ClH/c1-4-23(5-2)14-15-24(20(25)16-10-6-8-12-18(16)26-3)21-22-17-11-7-9-13-19(17)27-21;/h6-13H,4-5,14-15H2,1-3H3;1H. The number of carbonyl (C=O) groups is 1. The van der Waals surface area contributed by atoms with Crippen molar-refractivity contribution in [2.45, 2.75) is 13.8 Å². The highest BCUT2D eigenvalue weighted by atomic mass is 35.5. The van der Waals surface area contributed by atoms with Crippen LogP contribution in [0.15, 0.2) is 48.5 Å². The topological polar surface area (TPSA) is 45.7 Å². The van der Waals surface area contributed by atoms with Crippen molar-refractivity contribution in [1.29, 1.82) is 0 Å². The maximum Gasteiger partial charge on any atom is 0.263 e. The molecule has 0 radical (unpaired) electrons. The minimum absolute atomic E-state index is 0. The molecule has 28 heavy (non-hydrogen) atoms. The van der Waals surface area contributed by atoms with Crippen molar-refractivity contribution in [2.24, 2.45) is 0 Å². The van der Waals surface area contributed by atoms with E-state index in [2.05, 4.69) is 18.7 Å². The second kappa shape index (κ2) is 10.4. The van der Waals surface area contributed by atoms with Crippen LogP contribution in [0.3, 0.4) is 0 Å². The van der Waals surface area contributed by atoms with Gasteiger partial charge in [0, 0.05) is 13.1 Å². The number of thiazole rings is 1. The molecular weight excluding hydrogens is 394 g/mol. The van der Waals surface area contributed by atoms with Crippen LogP contribution in [0.25, 0.3) is 10.2 Å². The van der Waals surface area contributed by atoms with Crippen molar-refractivity contribution < 1.29 is 9.53 Å². The predicted molar refractivity (Wildman–Crippen MR) is 119 cm³/mol. The molecule has 3 aromatic rings. The zero-order valence-corrected chi connectivity index (χ0v) is 18.1. The molecule has 1 amide bonds. The van der Waals surface area contributed by atoms with E-state index >= 15 is 0 Å². The summed E-state index contributed by atoms with van der Waals surface area (Å²) in [6, 6.07) is 15.3. The van der Waals surface area contributed by atoms with Crippen molar-refractivity contribution in [1.82, 2.24) is 9.88 Å². The largest absolute Gasteiger partial charge is 0.496 e. The number of anilines is 1. The lowest BCUT2D eigenvalue weighted by molar-refractivity contribution is 0.0981. The van der Waals surface area contributed by atoms with Crippen LogP contribution in [0.2, 0.25) is 0 Å². The van der Waals surface area contributed by atoms with E-state index < -0.39 is 0 Å². The number of rotatable bonds is 8. The lowest BCUT2D eigenvalue weighted by Gasteiger charge is -2.25. The highest BCUT2D eigenvalue weighted by molar-refractivity contribution is 7.22. The van der Waals surface area contributed by atoms with Gasteiger partial charge in [-0.2, -0.15) is 0 Å². The fraction of sp³-hybridized carbons (Fsp3) is 0.333. The van der Waals surface area contributed by atoms with E-state index in [1.165, 1.54) is 0 Å². The zero-order valence-electron chi connectivity index (χ0n) is 16.4. The number of benzene rings is 2. The molecule has 0 saturated heterocycles. The average Bonchev–Trinajstić information content (AvgIpc) is 3.14. The van der Waals surface area contributed by atoms with E-state index in [9.17, 15) is 4.79 Å². The van der Waals surface area contributed by atoms with Gasteiger partial charge in [-0.25, -0.2) is 4.98 Å². The third-order valence-electron chi connectivity index (χ3n) is 4.63. The molecule has 0 bridgehead atoms. The summed E-state index contributed by atoms with van der Waals surface area (Å²) in [5.74, 6) is 0.495. The molecule has 3 rings (SSSR count). The number of para-hydroxylation sites is 2. The number of halogens is 1. The number of aromatic nitrogens is 1. The van der Waals surface area contributed by atoms with Crippen LogP contribution in [0.5, 0.6) is 5.75 Å². The van der Waals surface area contributed by atoms with E-state index in [-0.39, 0.29) is 18.3 Å². The Morgan fingerprint density at radius 1 is 1.04 bits per heavy atom. The second-order valence-electron chi connectivity index (χ2n) is 6.15. The number of hydrogen-bond donors (Lipinski definition) is 0. The number of nitrogens with zero attached hydrogens (tertiary/aromatic N) is 3. The maximum atomic E-state index is 13.4. The monoisotopic (exact) mass is 419 g/mol. The smallest absolute Gasteiger partial charge is 0.263 e. The molecule has 1 heterocycles. The first-order valence-corrected chi connectivity index (χ1v) is 10.0. The van der Waals surface area contributed by atoms with Crippen LogP contribution < -0.4 is 9.64 Å². The highest BCUT2D eigenvalue weighted by Crippen LogP contribution is 2.30. The Kier molecular flexibility index (Phi) is 8.23. The number of carbonyl (C=O) groups excluding carboxylic acids is 1. The number of likely N-dealkylation sites (N-methyl/N-ethyl adjacent to an activating group) is 1. The minimum Gasteiger partial charge on any atom is -0.496 e. The third-order valence-corrected chi connectivity index (χ3v) is 5.69. The average molecular weight is 420 g/mol. The van der Waals surface area contributed by atoms with Gasteiger partial charge in [0.25, 0.3) is 5.91 Å². The molecule has 0 N–H and O–H groups in total. The maximum absolute atomic E-state index is 13.4. The first-order valence-electron chi connectivity index (χ1n) is 9.20. The molecule has 7 heteroatoms. The molecule has 150 valence electrons. The molecular formula is C21H26ClN3O2S. The van der Waals surface area contributed by atoms with Gasteiger partial charge < -0.3 is 9.64 Å². The Bertz CT molecular complexity index is 878. The van der Waals surface area contributed by atoms with Crippen molar-refractivity contribution in [3.8, 4) is 5.75 Å². The summed E-state index contributed by atoms with van der Waals surface area (Å²) in [5, 5.41) is 0.722. The first kappa shape index (κ1) is 22.1. The van der Waals surface area contributed by atoms with Gasteiger partial charge in [-0.15, -0.1) is 12.4 Å². The van der Waals surface area contributed by atoms with Gasteiger partial charge in [0.1, 0.15) is 5.75 Å². The summed E-state index contributed by atoms with van der Waals surface area (Å²) < 4.78 is 6.48. The first-order chi connectivity index (χ1) is 13.2. The van der Waals surface area contributed by atoms with Gasteiger partial charge in [0.05, 0.1) is 22.9 Å². The fourth-order valence-corrected chi connectivity index (χ4v) is 4.00. The van der Waals surface area contributed by atoms with Gasteiger partial charge in [0.2, 0.25) is 0 Å². The number of fused-ring (bicyclic) bond motifs is 1. The Morgan fingerprint density at radius 2 is 1.71 bits per heavy atom. The van der Waals surface area contributed by atoms with Crippen LogP contribution in [0, 0.1) is 0 Å². The predicted octanol–water partition coefficient (Wildman–Crippen LogP) is 4.72. The van der Waals surface area contributed by atoms with Gasteiger partial charge >= 0.3 is 0 Å². The van der Waals surface area contributed by atoms with Crippen LogP contribution >= 0.6 is 23.7 Å². The van der Waals surface area contributed by atoms with E-state index in [4.69, 9.17) is 9.72 Å². The Balaban J connectivity index is 0.00000280. The zero-order chi connectivity index (χ0) is 19.2. The number of hydrogen-bond acceptors (Lipinski definition) is 5. The molecule has 0 atom stereocenters. The van der Waals surface area contributed by atoms with Crippen LogP contribution in [-0.4, -0.2) is 49.1 Å². The third kappa shape index (κ3) is 4.82. The summed E-state index contributed by atoms with van der Waals surface area (Å²) >= 11 is 1.54. The summed E-state index contributed by atoms with van der Waals surface area (Å²) in [4.78, 5) is 22.2. The lowest BCUT2D eigenvalue weighted by atomic mass is 10.1. The Morgan fingerprint density at radius 3 is 2.39 bits per heavy atom. The van der Waals surface area contributed by atoms with Crippen LogP contribution in [-0.2, 0) is 0 Å². The van der Waals surface area contributed by atoms with Gasteiger partial charge in [0.15, 0.2) is 5.13 Å². The van der Waals surface area contributed by atoms with E-state index in [0.29, 0.717) is 17.9 Å². The molecule has 0 aliphatic carbocycles. The molecule has 2 aromatic carbocycles. The van der Waals surface area contributed by atoms with Gasteiger partial charge in [-0.1, -0.05) is 49.4 Å². The molecule has 0 fully saturated rings. The molecule has 0 spiro atoms. The quantitative estimate of drug-likeness (QED) is 0.530. The van der Waals surface area contributed by atoms with Gasteiger partial charge in [-0.3, -0.25) is 9.69 Å². The van der Waals surface area contributed by atoms with Crippen molar-refractivity contribution in [2.75, 3.05) is 38.2 Å². The SMILES string of the molecule is CCN(CC)CCN(C(=O)c1ccccc1OC)c1nc2ccccc2s1.Cl. The Labute approximate surface area is 176 Å². The highest BCUT2D eigenvalue weighted by Gasteiger charge is 2.24. The van der Waals surface area contributed by atoms with Crippen molar-refractivity contribution >= 4 is 45.0 Å². The fourth-order valence-electron chi connectivity index (χ4n) is 3.01. The molecule has 0 saturated carbocycles. The lowest BCUT2D eigenvalue weighted by Crippen LogP contribution is -2.39. The molecule has 0 unspecified atom stereocenters. The normalized spacial score (nSPS) is 10.7. The molecule has 5 nitrogen and oxygen atoms in total. The van der Waals surface area contributed by atoms with Crippen molar-refractivity contribution in [3.63, 3.8) is 0 Å². The second-order valence-corrected chi connectivity index (χ2v) is 7.16. The Hall–Kier alpha value is -2.15. The summed E-state index contributed by atoms with van der Waals surface area (Å²) in [6.07, 6.45) is 0. The van der Waals surface area contributed by atoms with Crippen LogP contribution in [0.4, 0.5) is 5.13 Å². The number of amides is 1. The van der Waals surface area contributed by atoms with Crippen molar-refractivity contribution in [3.05, 3.63) is 54.1 Å². The summed E-state index contributed by atoms with van der Waals surface area (Å²) in [7, 11) is 1.59. The minimum atomic E-state index is -0.0846. The number of methoxy groups -OCH3 is 1. The molecule has 1 aromatic heterocycles. The van der Waals surface area contributed by atoms with E-state index in [0.717, 1.165) is 35.0 Å². The summed E-state index contributed by atoms with van der Waals surface area (Å²) in [5.41, 5.74) is 1.47. The summed E-state index contributed by atoms with van der Waals surface area (Å²) in [6.45, 7) is 7.55. The van der Waals surface area contributed by atoms with Gasteiger partial charge in [-0.05, 0) is 37.4 Å². The van der Waals surface area contributed by atoms with Crippen LogP contribution in [0.1, 0.15) is 24.2 Å². The van der Waals surface area contributed by atoms with E-state index in [1.807, 2.05) is 42.5 Å². The van der Waals surface area contributed by atoms with E-state index in [1.54, 1.807) is 29.4 Å². The molecule has 0 aliphatic rings.